The molecule has 2 fully saturated rings. The van der Waals surface area contributed by atoms with E-state index in [0.717, 1.165) is 16.1 Å². The van der Waals surface area contributed by atoms with Gasteiger partial charge in [0.05, 0.1) is 39.4 Å². The Kier molecular flexibility index (Phi) is 7.99. The predicted octanol–water partition coefficient (Wildman–Crippen LogP) is 3.55. The molecular weight excluding hydrogens is 602 g/mol. The van der Waals surface area contributed by atoms with Crippen LogP contribution >= 0.6 is 11.3 Å². The summed E-state index contributed by atoms with van der Waals surface area (Å²) >= 11 is 1.46. The second kappa shape index (κ2) is 12.3. The average Bonchev–Trinajstić information content (AvgIpc) is 3.75. The molecule has 2 atom stereocenters. The summed E-state index contributed by atoms with van der Waals surface area (Å²) in [6.45, 7) is 1.79. The van der Waals surface area contributed by atoms with Crippen LogP contribution < -0.4 is 5.56 Å². The number of hydrogen-bond acceptors (Lipinski definition) is 8. The number of thiophene rings is 1. The maximum atomic E-state index is 14.1. The Morgan fingerprint density at radius 2 is 1.76 bits per heavy atom. The quantitative estimate of drug-likeness (QED) is 0.302. The van der Waals surface area contributed by atoms with Crippen LogP contribution in [0.25, 0.3) is 21.6 Å². The van der Waals surface area contributed by atoms with Crippen molar-refractivity contribution in [3.8, 4) is 10.6 Å². The fourth-order valence-electron chi connectivity index (χ4n) is 6.78. The first kappa shape index (κ1) is 30.0. The van der Waals surface area contributed by atoms with Gasteiger partial charge in [-0.2, -0.15) is 5.10 Å². The molecule has 1 aromatic carbocycles. The Morgan fingerprint density at radius 3 is 2.52 bits per heavy atom. The van der Waals surface area contributed by atoms with Crippen LogP contribution in [0.3, 0.4) is 0 Å². The average molecular weight is 638 g/mol. The van der Waals surface area contributed by atoms with E-state index in [1.165, 1.54) is 22.2 Å². The molecule has 4 aromatic heterocycles. The molecule has 2 saturated heterocycles. The van der Waals surface area contributed by atoms with E-state index in [1.54, 1.807) is 29.2 Å². The molecule has 11 nitrogen and oxygen atoms in total. The predicted molar refractivity (Wildman–Crippen MR) is 174 cm³/mol. The van der Waals surface area contributed by atoms with Crippen molar-refractivity contribution in [1.82, 2.24) is 34.1 Å². The molecule has 6 heterocycles. The van der Waals surface area contributed by atoms with Crippen molar-refractivity contribution in [2.24, 2.45) is 13.0 Å². The number of aliphatic hydroxyl groups is 1. The zero-order valence-electron chi connectivity index (χ0n) is 25.5. The first-order valence-corrected chi connectivity index (χ1v) is 16.4. The number of hydrogen-bond donors (Lipinski definition) is 1. The van der Waals surface area contributed by atoms with Crippen LogP contribution in [-0.4, -0.2) is 82.8 Å². The molecule has 5 aromatic rings. The monoisotopic (exact) mass is 637 g/mol. The topological polar surface area (TPSA) is 126 Å². The highest BCUT2D eigenvalue weighted by Crippen LogP contribution is 2.37. The second-order valence-electron chi connectivity index (χ2n) is 12.3. The summed E-state index contributed by atoms with van der Waals surface area (Å²) in [5, 5.41) is 15.7. The number of nitrogens with zero attached hydrogens (tertiary/aromatic N) is 7. The van der Waals surface area contributed by atoms with E-state index in [2.05, 4.69) is 15.1 Å². The molecular formula is C34H35N7O4S. The van der Waals surface area contributed by atoms with Crippen molar-refractivity contribution in [2.75, 3.05) is 26.2 Å². The van der Waals surface area contributed by atoms with Gasteiger partial charge >= 0.3 is 0 Å². The number of likely N-dealkylation sites (tertiary alicyclic amines) is 2. The van der Waals surface area contributed by atoms with Crippen molar-refractivity contribution in [3.05, 3.63) is 100 Å². The molecule has 2 aliphatic heterocycles. The zero-order valence-corrected chi connectivity index (χ0v) is 26.3. The molecule has 0 unspecified atom stereocenters. The van der Waals surface area contributed by atoms with Crippen LogP contribution in [0.2, 0.25) is 0 Å². The highest BCUT2D eigenvalue weighted by molar-refractivity contribution is 7.17. The Morgan fingerprint density at radius 1 is 0.957 bits per heavy atom. The van der Waals surface area contributed by atoms with Crippen LogP contribution in [0.5, 0.6) is 0 Å². The van der Waals surface area contributed by atoms with Gasteiger partial charge in [-0.25, -0.2) is 9.97 Å². The standard InChI is InChI=1S/C34H35N7O4S/c1-38-27(11-16-37-38)28-9-10-29(46-28)32(43)40-17-12-24(25(20-40)23-6-3-2-4-7-23)31(42)39-18-13-34(45,14-19-39)21-41-22-36-26-8-5-15-35-30(26)33(41)44/h2-11,15-16,22,24-25,45H,12-14,17-21H2,1H3/t24-,25+/m1/s1. The minimum Gasteiger partial charge on any atom is -0.388 e. The van der Waals surface area contributed by atoms with Gasteiger partial charge < -0.3 is 14.9 Å². The molecule has 46 heavy (non-hydrogen) atoms. The van der Waals surface area contributed by atoms with Crippen LogP contribution in [0, 0.1) is 5.92 Å². The number of aromatic nitrogens is 5. The van der Waals surface area contributed by atoms with Crippen molar-refractivity contribution in [1.29, 1.82) is 0 Å². The molecule has 0 saturated carbocycles. The summed E-state index contributed by atoms with van der Waals surface area (Å²) in [7, 11) is 1.88. The fraction of sp³-hybridized carbons (Fsp3) is 0.353. The van der Waals surface area contributed by atoms with Crippen LogP contribution in [-0.2, 0) is 18.4 Å². The summed E-state index contributed by atoms with van der Waals surface area (Å²) in [4.78, 5) is 54.6. The summed E-state index contributed by atoms with van der Waals surface area (Å²) in [6.07, 6.45) is 5.99. The number of pyridine rings is 1. The van der Waals surface area contributed by atoms with E-state index < -0.39 is 5.60 Å². The first-order valence-electron chi connectivity index (χ1n) is 15.5. The van der Waals surface area contributed by atoms with E-state index in [9.17, 15) is 19.5 Å². The Labute approximate surface area is 269 Å². The Hall–Kier alpha value is -4.68. The van der Waals surface area contributed by atoms with Crippen LogP contribution in [0.4, 0.5) is 0 Å². The van der Waals surface area contributed by atoms with Gasteiger partial charge in [0, 0.05) is 57.5 Å². The van der Waals surface area contributed by atoms with Crippen molar-refractivity contribution in [3.63, 3.8) is 0 Å². The van der Waals surface area contributed by atoms with E-state index in [1.807, 2.05) is 65.4 Å². The van der Waals surface area contributed by atoms with Gasteiger partial charge in [-0.3, -0.25) is 23.6 Å². The fourth-order valence-corrected chi connectivity index (χ4v) is 7.81. The van der Waals surface area contributed by atoms with Gasteiger partial charge in [0.2, 0.25) is 5.91 Å². The lowest BCUT2D eigenvalue weighted by molar-refractivity contribution is -0.142. The van der Waals surface area contributed by atoms with Gasteiger partial charge in [0.25, 0.3) is 11.5 Å². The van der Waals surface area contributed by atoms with Crippen LogP contribution in [0.15, 0.2) is 84.2 Å². The molecule has 0 radical (unpaired) electrons. The number of piperidine rings is 2. The van der Waals surface area contributed by atoms with Gasteiger partial charge in [0.1, 0.15) is 0 Å². The first-order chi connectivity index (χ1) is 22.3. The number of benzene rings is 1. The third-order valence-electron chi connectivity index (χ3n) is 9.39. The largest absolute Gasteiger partial charge is 0.388 e. The molecule has 2 amide bonds. The lowest BCUT2D eigenvalue weighted by Gasteiger charge is -2.43. The summed E-state index contributed by atoms with van der Waals surface area (Å²) < 4.78 is 3.21. The van der Waals surface area contributed by atoms with Crippen molar-refractivity contribution >= 4 is 34.2 Å². The molecule has 2 aliphatic rings. The van der Waals surface area contributed by atoms with Gasteiger partial charge in [-0.1, -0.05) is 30.3 Å². The molecule has 1 N–H and O–H groups in total. The van der Waals surface area contributed by atoms with Gasteiger partial charge in [-0.05, 0) is 55.2 Å². The number of carbonyl (C=O) groups excluding carboxylic acids is 2. The molecule has 7 rings (SSSR count). The van der Waals surface area contributed by atoms with E-state index in [0.29, 0.717) is 55.8 Å². The van der Waals surface area contributed by atoms with Crippen LogP contribution in [0.1, 0.15) is 40.4 Å². The van der Waals surface area contributed by atoms with Gasteiger partial charge in [-0.15, -0.1) is 11.3 Å². The number of fused-ring (bicyclic) bond motifs is 1. The third-order valence-corrected chi connectivity index (χ3v) is 10.5. The van der Waals surface area contributed by atoms with Crippen molar-refractivity contribution in [2.45, 2.75) is 37.3 Å². The lowest BCUT2D eigenvalue weighted by atomic mass is 9.79. The molecule has 0 aliphatic carbocycles. The lowest BCUT2D eigenvalue weighted by Crippen LogP contribution is -2.53. The van der Waals surface area contributed by atoms with E-state index in [-0.39, 0.29) is 41.3 Å². The highest BCUT2D eigenvalue weighted by atomic mass is 32.1. The minimum absolute atomic E-state index is 0.0260. The summed E-state index contributed by atoms with van der Waals surface area (Å²) in [6, 6.07) is 19.2. The third kappa shape index (κ3) is 5.74. The Bertz CT molecular complexity index is 1940. The van der Waals surface area contributed by atoms with Gasteiger partial charge in [0.15, 0.2) is 5.52 Å². The van der Waals surface area contributed by atoms with E-state index in [4.69, 9.17) is 0 Å². The number of aryl methyl sites for hydroxylation is 1. The maximum Gasteiger partial charge on any atom is 0.279 e. The molecule has 0 bridgehead atoms. The van der Waals surface area contributed by atoms with Crippen molar-refractivity contribution < 1.29 is 14.7 Å². The second-order valence-corrected chi connectivity index (χ2v) is 13.3. The molecule has 236 valence electrons. The summed E-state index contributed by atoms with van der Waals surface area (Å²) in [5.41, 5.74) is 1.34. The minimum atomic E-state index is -1.14. The van der Waals surface area contributed by atoms with E-state index >= 15 is 0 Å². The number of amides is 2. The maximum absolute atomic E-state index is 14.1. The highest BCUT2D eigenvalue weighted by Gasteiger charge is 2.42. The molecule has 12 heteroatoms. The number of carbonyl (C=O) groups is 2. The number of rotatable bonds is 6. The summed E-state index contributed by atoms with van der Waals surface area (Å²) in [5.74, 6) is -0.420. The normalized spacial score (nSPS) is 19.8. The SMILES string of the molecule is Cn1nccc1-c1ccc(C(=O)N2CC[C@@H](C(=O)N3CCC(O)(Cn4cnc5cccnc5c4=O)CC3)[C@H](c3ccccc3)C2)s1. The zero-order chi connectivity index (χ0) is 31.8. The molecule has 0 spiro atoms. The Balaban J connectivity index is 1.04. The smallest absolute Gasteiger partial charge is 0.279 e.